The first kappa shape index (κ1) is 16.3. The molecule has 1 N–H and O–H groups in total. The average molecular weight is 288 g/mol. The quantitative estimate of drug-likeness (QED) is 0.798. The first-order chi connectivity index (χ1) is 9.02. The second kappa shape index (κ2) is 8.40. The SMILES string of the molecule is COc1ccc(F)cc1CSCC(O)COC(C)C. The van der Waals surface area contributed by atoms with Crippen molar-refractivity contribution < 1.29 is 19.0 Å². The number of methoxy groups -OCH3 is 1. The zero-order valence-corrected chi connectivity index (χ0v) is 12.4. The largest absolute Gasteiger partial charge is 0.496 e. The molecule has 19 heavy (non-hydrogen) atoms. The lowest BCUT2D eigenvalue weighted by Gasteiger charge is -2.13. The lowest BCUT2D eigenvalue weighted by molar-refractivity contribution is 0.0152. The van der Waals surface area contributed by atoms with Gasteiger partial charge in [0.15, 0.2) is 0 Å². The summed E-state index contributed by atoms with van der Waals surface area (Å²) in [6, 6.07) is 4.45. The second-order valence-corrected chi connectivity index (χ2v) is 5.54. The molecule has 0 heterocycles. The normalized spacial score (nSPS) is 12.7. The van der Waals surface area contributed by atoms with Crippen LogP contribution in [0.5, 0.6) is 5.75 Å². The van der Waals surface area contributed by atoms with Crippen LogP contribution in [0.3, 0.4) is 0 Å². The summed E-state index contributed by atoms with van der Waals surface area (Å²) in [7, 11) is 1.56. The standard InChI is InChI=1S/C14H21FO3S/c1-10(2)18-7-13(16)9-19-8-11-6-12(15)4-5-14(11)17-3/h4-6,10,13,16H,7-9H2,1-3H3. The summed E-state index contributed by atoms with van der Waals surface area (Å²) < 4.78 is 23.6. The summed E-state index contributed by atoms with van der Waals surface area (Å²) in [4.78, 5) is 0. The maximum Gasteiger partial charge on any atom is 0.123 e. The van der Waals surface area contributed by atoms with Gasteiger partial charge in [0, 0.05) is 17.1 Å². The Morgan fingerprint density at radius 3 is 2.74 bits per heavy atom. The second-order valence-electron chi connectivity index (χ2n) is 4.51. The molecule has 1 aromatic carbocycles. The molecule has 0 radical (unpaired) electrons. The molecule has 0 saturated heterocycles. The van der Waals surface area contributed by atoms with E-state index in [9.17, 15) is 9.50 Å². The van der Waals surface area contributed by atoms with Crippen molar-refractivity contribution in [3.63, 3.8) is 0 Å². The van der Waals surface area contributed by atoms with E-state index in [1.807, 2.05) is 13.8 Å². The fourth-order valence-corrected chi connectivity index (χ4v) is 2.45. The fourth-order valence-electron chi connectivity index (χ4n) is 1.52. The van der Waals surface area contributed by atoms with Gasteiger partial charge in [-0.15, -0.1) is 0 Å². The van der Waals surface area contributed by atoms with Crippen molar-refractivity contribution in [2.75, 3.05) is 19.5 Å². The van der Waals surface area contributed by atoms with Crippen molar-refractivity contribution in [1.82, 2.24) is 0 Å². The van der Waals surface area contributed by atoms with Gasteiger partial charge in [-0.1, -0.05) is 0 Å². The predicted molar refractivity (Wildman–Crippen MR) is 76.2 cm³/mol. The molecular weight excluding hydrogens is 267 g/mol. The Bertz CT molecular complexity index is 385. The van der Waals surface area contributed by atoms with Crippen LogP contribution in [0.1, 0.15) is 19.4 Å². The van der Waals surface area contributed by atoms with Crippen molar-refractivity contribution in [3.05, 3.63) is 29.6 Å². The van der Waals surface area contributed by atoms with E-state index in [2.05, 4.69) is 0 Å². The zero-order chi connectivity index (χ0) is 14.3. The Morgan fingerprint density at radius 1 is 1.37 bits per heavy atom. The summed E-state index contributed by atoms with van der Waals surface area (Å²) in [5.74, 6) is 1.54. The van der Waals surface area contributed by atoms with Gasteiger partial charge in [0.05, 0.1) is 25.9 Å². The molecule has 0 fully saturated rings. The Kier molecular flexibility index (Phi) is 7.20. The molecule has 0 aliphatic carbocycles. The molecule has 1 unspecified atom stereocenters. The van der Waals surface area contributed by atoms with Gasteiger partial charge in [-0.2, -0.15) is 11.8 Å². The third-order valence-corrected chi connectivity index (χ3v) is 3.57. The molecule has 0 saturated carbocycles. The Balaban J connectivity index is 2.38. The molecule has 0 amide bonds. The van der Waals surface area contributed by atoms with E-state index in [4.69, 9.17) is 9.47 Å². The molecule has 108 valence electrons. The average Bonchev–Trinajstić information content (AvgIpc) is 2.36. The van der Waals surface area contributed by atoms with Gasteiger partial charge in [0.1, 0.15) is 11.6 Å². The van der Waals surface area contributed by atoms with Gasteiger partial charge < -0.3 is 14.6 Å². The van der Waals surface area contributed by atoms with Crippen molar-refractivity contribution in [2.24, 2.45) is 0 Å². The maximum absolute atomic E-state index is 13.1. The van der Waals surface area contributed by atoms with E-state index < -0.39 is 6.10 Å². The highest BCUT2D eigenvalue weighted by atomic mass is 32.2. The Labute approximate surface area is 118 Å². The van der Waals surface area contributed by atoms with E-state index in [1.54, 1.807) is 13.2 Å². The highest BCUT2D eigenvalue weighted by molar-refractivity contribution is 7.98. The number of hydrogen-bond donors (Lipinski definition) is 1. The lowest BCUT2D eigenvalue weighted by atomic mass is 10.2. The topological polar surface area (TPSA) is 38.7 Å². The molecule has 1 aromatic rings. The maximum atomic E-state index is 13.1. The summed E-state index contributed by atoms with van der Waals surface area (Å²) >= 11 is 1.53. The van der Waals surface area contributed by atoms with Crippen LogP contribution in [0.2, 0.25) is 0 Å². The highest BCUT2D eigenvalue weighted by Crippen LogP contribution is 2.24. The minimum absolute atomic E-state index is 0.114. The van der Waals surface area contributed by atoms with Crippen LogP contribution in [0, 0.1) is 5.82 Å². The highest BCUT2D eigenvalue weighted by Gasteiger charge is 2.09. The third-order valence-electron chi connectivity index (χ3n) is 2.43. The number of rotatable bonds is 8. The van der Waals surface area contributed by atoms with Crippen molar-refractivity contribution in [3.8, 4) is 5.75 Å². The lowest BCUT2D eigenvalue weighted by Crippen LogP contribution is -2.20. The summed E-state index contributed by atoms with van der Waals surface area (Å²) in [6.07, 6.45) is -0.394. The molecular formula is C14H21FO3S. The number of aliphatic hydroxyl groups is 1. The van der Waals surface area contributed by atoms with Crippen LogP contribution < -0.4 is 4.74 Å². The Hall–Kier alpha value is -0.780. The van der Waals surface area contributed by atoms with Crippen LogP contribution in [0.15, 0.2) is 18.2 Å². The molecule has 5 heteroatoms. The van der Waals surface area contributed by atoms with Crippen molar-refractivity contribution in [1.29, 1.82) is 0 Å². The number of benzene rings is 1. The fraction of sp³-hybridized carbons (Fsp3) is 0.571. The zero-order valence-electron chi connectivity index (χ0n) is 11.6. The van der Waals surface area contributed by atoms with Crippen LogP contribution in [-0.2, 0) is 10.5 Å². The van der Waals surface area contributed by atoms with Gasteiger partial charge in [-0.05, 0) is 32.0 Å². The summed E-state index contributed by atoms with van der Waals surface area (Å²) in [5, 5.41) is 9.71. The Morgan fingerprint density at radius 2 is 2.11 bits per heavy atom. The van der Waals surface area contributed by atoms with Crippen LogP contribution >= 0.6 is 11.8 Å². The van der Waals surface area contributed by atoms with Gasteiger partial charge in [0.2, 0.25) is 0 Å². The van der Waals surface area contributed by atoms with E-state index in [0.29, 0.717) is 23.9 Å². The monoisotopic (exact) mass is 288 g/mol. The van der Waals surface area contributed by atoms with Crippen molar-refractivity contribution >= 4 is 11.8 Å². The number of thioether (sulfide) groups is 1. The van der Waals surface area contributed by atoms with E-state index >= 15 is 0 Å². The minimum atomic E-state index is -0.507. The predicted octanol–water partition coefficient (Wildman–Crippen LogP) is 2.85. The van der Waals surface area contributed by atoms with Crippen LogP contribution in [0.25, 0.3) is 0 Å². The van der Waals surface area contributed by atoms with Gasteiger partial charge in [-0.3, -0.25) is 0 Å². The molecule has 1 rings (SSSR count). The molecule has 0 spiro atoms. The van der Waals surface area contributed by atoms with E-state index in [-0.39, 0.29) is 11.9 Å². The number of ether oxygens (including phenoxy) is 2. The molecule has 0 bridgehead atoms. The summed E-state index contributed by atoms with van der Waals surface area (Å²) in [6.45, 7) is 4.18. The van der Waals surface area contributed by atoms with E-state index in [1.165, 1.54) is 23.9 Å². The van der Waals surface area contributed by atoms with Crippen molar-refractivity contribution in [2.45, 2.75) is 31.8 Å². The first-order valence-corrected chi connectivity index (χ1v) is 7.38. The van der Waals surface area contributed by atoms with Gasteiger partial charge in [0.25, 0.3) is 0 Å². The molecule has 1 atom stereocenters. The van der Waals surface area contributed by atoms with Gasteiger partial charge in [-0.25, -0.2) is 4.39 Å². The van der Waals surface area contributed by atoms with Crippen LogP contribution in [-0.4, -0.2) is 36.8 Å². The van der Waals surface area contributed by atoms with Crippen LogP contribution in [0.4, 0.5) is 4.39 Å². The first-order valence-electron chi connectivity index (χ1n) is 6.22. The molecule has 3 nitrogen and oxygen atoms in total. The number of hydrogen-bond acceptors (Lipinski definition) is 4. The van der Waals surface area contributed by atoms with Gasteiger partial charge >= 0.3 is 0 Å². The summed E-state index contributed by atoms with van der Waals surface area (Å²) in [5.41, 5.74) is 0.796. The molecule has 0 aliphatic rings. The third kappa shape index (κ3) is 6.27. The molecule has 0 aromatic heterocycles. The smallest absolute Gasteiger partial charge is 0.123 e. The number of aliphatic hydroxyl groups excluding tert-OH is 1. The van der Waals surface area contributed by atoms with E-state index in [0.717, 1.165) is 5.56 Å². The minimum Gasteiger partial charge on any atom is -0.496 e. The number of halogens is 1. The molecule has 0 aliphatic heterocycles.